The zero-order valence-electron chi connectivity index (χ0n) is 14.3. The van der Waals surface area contributed by atoms with E-state index in [-0.39, 0.29) is 12.1 Å². The van der Waals surface area contributed by atoms with E-state index in [0.29, 0.717) is 12.1 Å². The van der Waals surface area contributed by atoms with Crippen molar-refractivity contribution in [2.45, 2.75) is 52.2 Å². The molecule has 1 saturated heterocycles. The van der Waals surface area contributed by atoms with Crippen LogP contribution in [0.15, 0.2) is 18.2 Å². The van der Waals surface area contributed by atoms with E-state index in [1.54, 1.807) is 0 Å². The zero-order chi connectivity index (χ0) is 17.0. The first-order chi connectivity index (χ1) is 10.8. The Morgan fingerprint density at radius 1 is 1.48 bits per heavy atom. The number of nitrogens with zero attached hydrogens (tertiary/aromatic N) is 2. The highest BCUT2D eigenvalue weighted by molar-refractivity contribution is 5.69. The van der Waals surface area contributed by atoms with Gasteiger partial charge in [-0.2, -0.15) is 5.26 Å². The van der Waals surface area contributed by atoms with Crippen molar-refractivity contribution in [3.63, 3.8) is 0 Å². The van der Waals surface area contributed by atoms with Crippen LogP contribution in [0.5, 0.6) is 0 Å². The fourth-order valence-electron chi connectivity index (χ4n) is 2.72. The Kier molecular flexibility index (Phi) is 5.15. The van der Waals surface area contributed by atoms with Crippen LogP contribution in [0.25, 0.3) is 0 Å². The van der Waals surface area contributed by atoms with E-state index in [2.05, 4.69) is 11.4 Å². The highest BCUT2D eigenvalue weighted by Crippen LogP contribution is 2.22. The number of amides is 1. The van der Waals surface area contributed by atoms with E-state index in [1.807, 2.05) is 50.8 Å². The molecule has 0 radical (unpaired) electrons. The van der Waals surface area contributed by atoms with Crippen LogP contribution in [0.2, 0.25) is 0 Å². The second-order valence-electron chi connectivity index (χ2n) is 6.99. The molecule has 23 heavy (non-hydrogen) atoms. The van der Waals surface area contributed by atoms with Gasteiger partial charge in [0.1, 0.15) is 5.60 Å². The number of anilines is 1. The first-order valence-corrected chi connectivity index (χ1v) is 8.04. The summed E-state index contributed by atoms with van der Waals surface area (Å²) in [5.74, 6) is 0. The largest absolute Gasteiger partial charge is 0.444 e. The Bertz CT molecular complexity index is 614. The number of rotatable bonds is 3. The van der Waals surface area contributed by atoms with E-state index < -0.39 is 5.60 Å². The van der Waals surface area contributed by atoms with Gasteiger partial charge in [0, 0.05) is 18.8 Å². The van der Waals surface area contributed by atoms with Gasteiger partial charge in [-0.3, -0.25) is 0 Å². The van der Waals surface area contributed by atoms with Crippen molar-refractivity contribution in [1.82, 2.24) is 4.90 Å². The van der Waals surface area contributed by atoms with E-state index in [4.69, 9.17) is 10.00 Å². The molecule has 1 aliphatic rings. The number of carbonyl (C=O) groups is 1. The summed E-state index contributed by atoms with van der Waals surface area (Å²) in [6.45, 7) is 9.04. The van der Waals surface area contributed by atoms with Gasteiger partial charge in [-0.1, -0.05) is 6.07 Å². The lowest BCUT2D eigenvalue weighted by molar-refractivity contribution is 0.0235. The molecule has 1 N–H and O–H groups in total. The quantitative estimate of drug-likeness (QED) is 0.924. The lowest BCUT2D eigenvalue weighted by atomic mass is 10.1. The summed E-state index contributed by atoms with van der Waals surface area (Å²) < 4.78 is 5.48. The van der Waals surface area contributed by atoms with Crippen molar-refractivity contribution in [2.75, 3.05) is 18.4 Å². The number of hydrogen-bond donors (Lipinski definition) is 1. The number of nitriles is 1. The minimum absolute atomic E-state index is 0.120. The third-order valence-electron chi connectivity index (χ3n) is 3.90. The molecule has 0 aromatic heterocycles. The van der Waals surface area contributed by atoms with Crippen LogP contribution in [0.4, 0.5) is 10.5 Å². The molecule has 5 nitrogen and oxygen atoms in total. The maximum Gasteiger partial charge on any atom is 0.410 e. The van der Waals surface area contributed by atoms with E-state index >= 15 is 0 Å². The van der Waals surface area contributed by atoms with Crippen LogP contribution in [0.1, 0.15) is 44.7 Å². The van der Waals surface area contributed by atoms with Crippen LogP contribution in [0.3, 0.4) is 0 Å². The average molecular weight is 315 g/mol. The van der Waals surface area contributed by atoms with Gasteiger partial charge in [0.25, 0.3) is 0 Å². The molecular formula is C18H25N3O2. The second-order valence-corrected chi connectivity index (χ2v) is 6.99. The zero-order valence-corrected chi connectivity index (χ0v) is 14.3. The van der Waals surface area contributed by atoms with E-state index in [0.717, 1.165) is 30.6 Å². The highest BCUT2D eigenvalue weighted by atomic mass is 16.6. The predicted molar refractivity (Wildman–Crippen MR) is 90.3 cm³/mol. The second kappa shape index (κ2) is 6.91. The Morgan fingerprint density at radius 3 is 2.87 bits per heavy atom. The smallest absolute Gasteiger partial charge is 0.410 e. The number of nitrogens with one attached hydrogen (secondary N) is 1. The molecule has 1 aromatic carbocycles. The fraction of sp³-hybridized carbons (Fsp3) is 0.556. The Labute approximate surface area is 138 Å². The number of ether oxygens (including phenoxy) is 1. The maximum absolute atomic E-state index is 12.3. The first kappa shape index (κ1) is 17.1. The summed E-state index contributed by atoms with van der Waals surface area (Å²) in [5.41, 5.74) is 2.19. The van der Waals surface area contributed by atoms with Gasteiger partial charge in [-0.05, 0) is 58.2 Å². The fourth-order valence-corrected chi connectivity index (χ4v) is 2.72. The predicted octanol–water partition coefficient (Wildman–Crippen LogP) is 3.68. The van der Waals surface area contributed by atoms with Crippen molar-refractivity contribution in [2.24, 2.45) is 0 Å². The van der Waals surface area contributed by atoms with Gasteiger partial charge in [0.15, 0.2) is 0 Å². The van der Waals surface area contributed by atoms with Gasteiger partial charge in [0.2, 0.25) is 0 Å². The molecule has 2 rings (SSSR count). The SMILES string of the molecule is Cc1ccc(C#N)cc1NCC1CCCN1C(=O)OC(C)(C)C. The summed E-state index contributed by atoms with van der Waals surface area (Å²) in [5, 5.41) is 12.4. The topological polar surface area (TPSA) is 65.4 Å². The van der Waals surface area contributed by atoms with Crippen LogP contribution >= 0.6 is 0 Å². The van der Waals surface area contributed by atoms with Gasteiger partial charge in [-0.15, -0.1) is 0 Å². The standard InChI is InChI=1S/C18H25N3O2/c1-13-7-8-14(11-19)10-16(13)20-12-15-6-5-9-21(15)17(22)23-18(2,3)4/h7-8,10,15,20H,5-6,9,12H2,1-4H3. The molecule has 1 fully saturated rings. The van der Waals surface area contributed by atoms with Crippen LogP contribution in [-0.4, -0.2) is 35.7 Å². The van der Waals surface area contributed by atoms with Crippen molar-refractivity contribution < 1.29 is 9.53 Å². The van der Waals surface area contributed by atoms with Crippen molar-refractivity contribution in [3.8, 4) is 6.07 Å². The van der Waals surface area contributed by atoms with Crippen LogP contribution in [0, 0.1) is 18.3 Å². The normalized spacial score (nSPS) is 17.7. The molecule has 1 unspecified atom stereocenters. The molecule has 1 amide bonds. The number of carbonyl (C=O) groups excluding carboxylic acids is 1. The Balaban J connectivity index is 2.00. The molecule has 124 valence electrons. The number of likely N-dealkylation sites (tertiary alicyclic amines) is 1. The number of aryl methyl sites for hydroxylation is 1. The van der Waals surface area contributed by atoms with Crippen molar-refractivity contribution in [3.05, 3.63) is 29.3 Å². The summed E-state index contributed by atoms with van der Waals surface area (Å²) in [7, 11) is 0. The molecule has 1 aromatic rings. The lowest BCUT2D eigenvalue weighted by Crippen LogP contribution is -2.42. The number of hydrogen-bond acceptors (Lipinski definition) is 4. The number of benzene rings is 1. The summed E-state index contributed by atoms with van der Waals surface area (Å²) in [6.07, 6.45) is 1.70. The highest BCUT2D eigenvalue weighted by Gasteiger charge is 2.31. The minimum Gasteiger partial charge on any atom is -0.444 e. The molecule has 1 aliphatic heterocycles. The first-order valence-electron chi connectivity index (χ1n) is 8.04. The molecule has 1 heterocycles. The van der Waals surface area contributed by atoms with Gasteiger partial charge in [-0.25, -0.2) is 4.79 Å². The van der Waals surface area contributed by atoms with Crippen LogP contribution < -0.4 is 5.32 Å². The monoisotopic (exact) mass is 315 g/mol. The van der Waals surface area contributed by atoms with E-state index in [9.17, 15) is 4.79 Å². The summed E-state index contributed by atoms with van der Waals surface area (Å²) in [6, 6.07) is 7.86. The third-order valence-corrected chi connectivity index (χ3v) is 3.90. The van der Waals surface area contributed by atoms with Gasteiger partial charge >= 0.3 is 6.09 Å². The third kappa shape index (κ3) is 4.62. The molecule has 0 bridgehead atoms. The van der Waals surface area contributed by atoms with Gasteiger partial charge < -0.3 is 15.0 Å². The molecule has 0 aliphatic carbocycles. The molecule has 1 atom stereocenters. The minimum atomic E-state index is -0.477. The average Bonchev–Trinajstić information content (AvgIpc) is 2.93. The molecule has 0 spiro atoms. The van der Waals surface area contributed by atoms with Gasteiger partial charge in [0.05, 0.1) is 17.7 Å². The maximum atomic E-state index is 12.3. The molecule has 5 heteroatoms. The summed E-state index contributed by atoms with van der Waals surface area (Å²) in [4.78, 5) is 14.1. The van der Waals surface area contributed by atoms with Crippen molar-refractivity contribution >= 4 is 11.8 Å². The van der Waals surface area contributed by atoms with E-state index in [1.165, 1.54) is 0 Å². The van der Waals surface area contributed by atoms with Crippen molar-refractivity contribution in [1.29, 1.82) is 5.26 Å². The Hall–Kier alpha value is -2.22. The lowest BCUT2D eigenvalue weighted by Gasteiger charge is -2.29. The van der Waals surface area contributed by atoms with Crippen LogP contribution in [-0.2, 0) is 4.74 Å². The summed E-state index contributed by atoms with van der Waals surface area (Å²) >= 11 is 0. The molecule has 0 saturated carbocycles. The Morgan fingerprint density at radius 2 is 2.22 bits per heavy atom. The molecular weight excluding hydrogens is 290 g/mol.